The van der Waals surface area contributed by atoms with E-state index in [1.54, 1.807) is 8.94 Å². The quantitative estimate of drug-likeness (QED) is 0.484. The van der Waals surface area contributed by atoms with Crippen molar-refractivity contribution in [2.75, 3.05) is 0 Å². The van der Waals surface area contributed by atoms with Gasteiger partial charge in [-0.1, -0.05) is 0 Å². The van der Waals surface area contributed by atoms with E-state index in [9.17, 15) is 0 Å². The van der Waals surface area contributed by atoms with Gasteiger partial charge in [-0.15, -0.1) is 0 Å². The maximum absolute atomic E-state index is 1.75. The van der Waals surface area contributed by atoms with Crippen LogP contribution < -0.4 is 0 Å². The zero-order valence-electron chi connectivity index (χ0n) is 2.64. The van der Waals surface area contributed by atoms with Crippen LogP contribution in [0.4, 0.5) is 0 Å². The van der Waals surface area contributed by atoms with Crippen LogP contribution in [0.5, 0.6) is 0 Å². The molecule has 3 heteroatoms. The predicted molar refractivity (Wildman–Crippen MR) is 26.9 cm³/mol. The minimum absolute atomic E-state index is 0.792. The van der Waals surface area contributed by atoms with E-state index in [1.807, 2.05) is 0 Å². The number of hydrogen-bond acceptors (Lipinski definition) is 0. The Kier molecular flexibility index (Phi) is 3.72. The van der Waals surface area contributed by atoms with Crippen LogP contribution in [0.1, 0.15) is 0 Å². The summed E-state index contributed by atoms with van der Waals surface area (Å²) in [6.07, 6.45) is 0. The summed E-state index contributed by atoms with van der Waals surface area (Å²) in [7, 11) is 0. The van der Waals surface area contributed by atoms with Crippen LogP contribution in [-0.2, 0) is 0 Å². The van der Waals surface area contributed by atoms with E-state index in [1.165, 1.54) is 0 Å². The van der Waals surface area contributed by atoms with Crippen LogP contribution in [0, 0.1) is 0 Å². The molecule has 0 atom stereocenters. The molecule has 1 saturated heterocycles. The van der Waals surface area contributed by atoms with E-state index in [0.29, 0.717) is 0 Å². The van der Waals surface area contributed by atoms with Crippen LogP contribution in [0.25, 0.3) is 0 Å². The zero-order chi connectivity index (χ0) is 3.54. The van der Waals surface area contributed by atoms with Gasteiger partial charge in [-0.2, -0.15) is 0 Å². The van der Waals surface area contributed by atoms with E-state index in [0.717, 1.165) is 47.3 Å². The molecule has 1 rings (SSSR count). The van der Waals surface area contributed by atoms with Gasteiger partial charge in [0.25, 0.3) is 0 Å². The van der Waals surface area contributed by atoms with E-state index in [4.69, 9.17) is 0 Å². The Hall–Kier alpha value is 2.37. The van der Waals surface area contributed by atoms with Gasteiger partial charge >= 0.3 is 56.2 Å². The van der Waals surface area contributed by atoms with Crippen molar-refractivity contribution >= 4 is 47.3 Å². The molecule has 0 aliphatic carbocycles. The molecule has 5 heavy (non-hydrogen) atoms. The van der Waals surface area contributed by atoms with Crippen LogP contribution >= 0.6 is 0 Å². The molecule has 0 aromatic heterocycles. The average molecular weight is 411 g/mol. The summed E-state index contributed by atoms with van der Waals surface area (Å²) >= 11 is 2.45. The molecule has 1 aliphatic rings. The fourth-order valence-corrected chi connectivity index (χ4v) is 51.3. The number of rotatable bonds is 0. The van der Waals surface area contributed by atoms with Crippen molar-refractivity contribution in [2.45, 2.75) is 8.94 Å². The van der Waals surface area contributed by atoms with Gasteiger partial charge in [0.05, 0.1) is 0 Å². The van der Waals surface area contributed by atoms with Crippen molar-refractivity contribution in [3.05, 3.63) is 0 Å². The summed E-state index contributed by atoms with van der Waals surface area (Å²) < 4.78 is 3.49. The van der Waals surface area contributed by atoms with Crippen molar-refractivity contribution < 1.29 is 0 Å². The molecule has 1 aliphatic heterocycles. The normalized spacial score (nSPS) is 24.0. The Morgan fingerprint density at radius 3 is 1.80 bits per heavy atom. The minimum atomic E-state index is 0.792. The molecule has 0 amide bonds. The van der Waals surface area contributed by atoms with Gasteiger partial charge in [0.15, 0.2) is 0 Å². The van der Waals surface area contributed by atoms with E-state index >= 15 is 0 Å². The van der Waals surface area contributed by atoms with Crippen molar-refractivity contribution in [1.82, 2.24) is 0 Å². The van der Waals surface area contributed by atoms with Crippen LogP contribution in [0.2, 0.25) is 8.94 Å². The van der Waals surface area contributed by atoms with Gasteiger partial charge in [0, 0.05) is 0 Å². The van der Waals surface area contributed by atoms with Crippen molar-refractivity contribution in [2.24, 2.45) is 0 Å². The van der Waals surface area contributed by atoms with Gasteiger partial charge in [-0.3, -0.25) is 0 Å². The van der Waals surface area contributed by atoms with Gasteiger partial charge in [-0.25, -0.2) is 0 Å². The Labute approximate surface area is 55.1 Å². The molecular formula is C2H4Te3. The third-order valence-corrected chi connectivity index (χ3v) is 40.3. The van der Waals surface area contributed by atoms with Crippen molar-refractivity contribution in [1.29, 1.82) is 0 Å². The molecule has 0 aromatic carbocycles. The molecule has 1 fully saturated rings. The molecule has 1 heterocycles. The van der Waals surface area contributed by atoms with Gasteiger partial charge in [0.2, 0.25) is 0 Å². The predicted octanol–water partition coefficient (Wildman–Crippen LogP) is -0.221. The fourth-order valence-electron chi connectivity index (χ4n) is 0.170. The monoisotopic (exact) mass is 418 g/mol. The molecule has 0 N–H and O–H groups in total. The van der Waals surface area contributed by atoms with Gasteiger partial charge < -0.3 is 0 Å². The van der Waals surface area contributed by atoms with Crippen LogP contribution in [0.3, 0.4) is 0 Å². The summed E-state index contributed by atoms with van der Waals surface area (Å²) in [6.45, 7) is 0. The molecule has 0 unspecified atom stereocenters. The molecule has 0 nitrogen and oxygen atoms in total. The van der Waals surface area contributed by atoms with E-state index in [2.05, 4.69) is 0 Å². The Morgan fingerprint density at radius 1 is 1.00 bits per heavy atom. The Bertz CT molecular complexity index is 16.5. The van der Waals surface area contributed by atoms with Gasteiger partial charge in [0.1, 0.15) is 0 Å². The summed E-state index contributed by atoms with van der Waals surface area (Å²) in [5.41, 5.74) is 0. The third kappa shape index (κ3) is 2.24. The second kappa shape index (κ2) is 3.38. The summed E-state index contributed by atoms with van der Waals surface area (Å²) in [6, 6.07) is 0. The summed E-state index contributed by atoms with van der Waals surface area (Å²) in [4.78, 5) is 0. The Balaban J connectivity index is 2.08. The SMILES string of the molecule is C1C[Te][Te][Te]1. The topological polar surface area (TPSA) is 0 Å². The van der Waals surface area contributed by atoms with Crippen LogP contribution in [0.15, 0.2) is 0 Å². The summed E-state index contributed by atoms with van der Waals surface area (Å²) in [5, 5.41) is 0. The standard InChI is InChI=1S/C2H4Te3/c1-2-4-5-3-1/h1-2H2. The number of hydrogen-bond donors (Lipinski definition) is 0. The molecule has 0 spiro atoms. The van der Waals surface area contributed by atoms with E-state index < -0.39 is 0 Å². The van der Waals surface area contributed by atoms with E-state index in [-0.39, 0.29) is 0 Å². The molecule has 0 saturated carbocycles. The van der Waals surface area contributed by atoms with Crippen LogP contribution in [-0.4, -0.2) is 47.3 Å². The molecule has 0 bridgehead atoms. The second-order valence-electron chi connectivity index (χ2n) is 0.712. The fraction of sp³-hybridized carbons (Fsp3) is 1.00. The first kappa shape index (κ1) is 5.50. The average Bonchev–Trinajstić information content (AvgIpc) is 1.76. The first-order valence-electron chi connectivity index (χ1n) is 1.41. The second-order valence-corrected chi connectivity index (χ2v) is 33.9. The summed E-state index contributed by atoms with van der Waals surface area (Å²) in [5.74, 6) is 0. The van der Waals surface area contributed by atoms with Crippen molar-refractivity contribution in [3.8, 4) is 0 Å². The first-order chi connectivity index (χ1) is 2.50. The van der Waals surface area contributed by atoms with Gasteiger partial charge in [-0.05, 0) is 0 Å². The molecular weight excluding hydrogens is 407 g/mol. The first-order valence-corrected chi connectivity index (χ1v) is 19.4. The molecule has 0 radical (unpaired) electrons. The van der Waals surface area contributed by atoms with Crippen molar-refractivity contribution in [3.63, 3.8) is 0 Å². The molecule has 30 valence electrons. The molecule has 0 aromatic rings. The zero-order valence-corrected chi connectivity index (χ0v) is 9.63. The maximum atomic E-state index is 1.75. The Morgan fingerprint density at radius 2 is 1.60 bits per heavy atom. The third-order valence-electron chi connectivity index (χ3n) is 0.346.